The molecular formula is C20H22N2O6. The molecule has 0 unspecified atom stereocenters. The van der Waals surface area contributed by atoms with E-state index in [2.05, 4.69) is 5.32 Å². The number of benzene rings is 2. The molecule has 0 spiro atoms. The summed E-state index contributed by atoms with van der Waals surface area (Å²) in [5.74, 6) is -1.72. The number of likely N-dealkylation sites (N-methyl/N-ethyl adjacent to an activating group) is 1. The number of hydrogen-bond donors (Lipinski definition) is 2. The Morgan fingerprint density at radius 2 is 1.79 bits per heavy atom. The minimum atomic E-state index is -0.856. The SMILES string of the molecule is COc1ccc(C(=O)OCC(=O)N(C)CC(=O)Nc2ccc(C)cc2)c(O)c1. The zero-order chi connectivity index (χ0) is 20.7. The third-order valence-electron chi connectivity index (χ3n) is 3.89. The molecule has 2 aromatic rings. The van der Waals surface area contributed by atoms with Crippen molar-refractivity contribution in [1.82, 2.24) is 4.90 Å². The Hall–Kier alpha value is -3.55. The van der Waals surface area contributed by atoms with Gasteiger partial charge in [0, 0.05) is 18.8 Å². The number of methoxy groups -OCH3 is 1. The fourth-order valence-corrected chi connectivity index (χ4v) is 2.27. The number of aryl methyl sites for hydroxylation is 1. The molecule has 0 fully saturated rings. The van der Waals surface area contributed by atoms with Crippen molar-refractivity contribution in [1.29, 1.82) is 0 Å². The quantitative estimate of drug-likeness (QED) is 0.705. The van der Waals surface area contributed by atoms with E-state index in [-0.39, 0.29) is 23.8 Å². The zero-order valence-corrected chi connectivity index (χ0v) is 15.9. The topological polar surface area (TPSA) is 105 Å². The van der Waals surface area contributed by atoms with Crippen LogP contribution in [0, 0.1) is 6.92 Å². The zero-order valence-electron chi connectivity index (χ0n) is 15.9. The van der Waals surface area contributed by atoms with Crippen molar-refractivity contribution in [2.45, 2.75) is 6.92 Å². The van der Waals surface area contributed by atoms with Crippen molar-refractivity contribution in [2.75, 3.05) is 32.6 Å². The van der Waals surface area contributed by atoms with Crippen molar-refractivity contribution in [3.05, 3.63) is 53.6 Å². The second-order valence-electron chi connectivity index (χ2n) is 6.12. The molecule has 0 radical (unpaired) electrons. The van der Waals surface area contributed by atoms with Crippen LogP contribution in [0.2, 0.25) is 0 Å². The van der Waals surface area contributed by atoms with Gasteiger partial charge < -0.3 is 24.8 Å². The second kappa shape index (κ2) is 9.40. The Kier molecular flexibility index (Phi) is 6.97. The summed E-state index contributed by atoms with van der Waals surface area (Å²) in [4.78, 5) is 37.3. The van der Waals surface area contributed by atoms with Crippen LogP contribution < -0.4 is 10.1 Å². The van der Waals surface area contributed by atoms with E-state index >= 15 is 0 Å². The van der Waals surface area contributed by atoms with Crippen molar-refractivity contribution < 1.29 is 29.0 Å². The molecule has 8 heteroatoms. The molecule has 0 saturated heterocycles. The number of ether oxygens (including phenoxy) is 2. The highest BCUT2D eigenvalue weighted by molar-refractivity contribution is 5.96. The molecule has 0 aliphatic rings. The van der Waals surface area contributed by atoms with Gasteiger partial charge in [0.15, 0.2) is 6.61 Å². The van der Waals surface area contributed by atoms with Gasteiger partial charge in [-0.2, -0.15) is 0 Å². The molecule has 0 saturated carbocycles. The maximum atomic E-state index is 12.1. The van der Waals surface area contributed by atoms with E-state index < -0.39 is 18.5 Å². The van der Waals surface area contributed by atoms with Crippen LogP contribution in [-0.4, -0.2) is 55.1 Å². The first-order chi connectivity index (χ1) is 13.3. The van der Waals surface area contributed by atoms with E-state index in [0.717, 1.165) is 10.5 Å². The summed E-state index contributed by atoms with van der Waals surface area (Å²) >= 11 is 0. The number of hydrogen-bond acceptors (Lipinski definition) is 6. The van der Waals surface area contributed by atoms with E-state index in [0.29, 0.717) is 11.4 Å². The lowest BCUT2D eigenvalue weighted by molar-refractivity contribution is -0.136. The van der Waals surface area contributed by atoms with Crippen LogP contribution in [0.3, 0.4) is 0 Å². The van der Waals surface area contributed by atoms with Gasteiger partial charge in [-0.3, -0.25) is 9.59 Å². The molecule has 0 aromatic heterocycles. The first-order valence-electron chi connectivity index (χ1n) is 8.44. The molecule has 2 aromatic carbocycles. The number of carbonyl (C=O) groups is 3. The van der Waals surface area contributed by atoms with Crippen LogP contribution in [0.15, 0.2) is 42.5 Å². The van der Waals surface area contributed by atoms with Crippen LogP contribution in [0.5, 0.6) is 11.5 Å². The van der Waals surface area contributed by atoms with Crippen LogP contribution in [0.25, 0.3) is 0 Å². The maximum absolute atomic E-state index is 12.1. The number of anilines is 1. The normalized spacial score (nSPS) is 10.1. The van der Waals surface area contributed by atoms with Crippen LogP contribution in [0.1, 0.15) is 15.9 Å². The van der Waals surface area contributed by atoms with Crippen molar-refractivity contribution in [2.24, 2.45) is 0 Å². The minimum Gasteiger partial charge on any atom is -0.507 e. The third-order valence-corrected chi connectivity index (χ3v) is 3.89. The Morgan fingerprint density at radius 3 is 2.39 bits per heavy atom. The van der Waals surface area contributed by atoms with Gasteiger partial charge in [0.25, 0.3) is 5.91 Å². The summed E-state index contributed by atoms with van der Waals surface area (Å²) in [5.41, 5.74) is 1.60. The van der Waals surface area contributed by atoms with Gasteiger partial charge in [-0.1, -0.05) is 17.7 Å². The molecule has 2 N–H and O–H groups in total. The van der Waals surface area contributed by atoms with E-state index in [1.54, 1.807) is 12.1 Å². The van der Waals surface area contributed by atoms with Gasteiger partial charge in [0.1, 0.15) is 17.1 Å². The lowest BCUT2D eigenvalue weighted by Gasteiger charge is -2.17. The molecule has 0 bridgehead atoms. The van der Waals surface area contributed by atoms with Crippen molar-refractivity contribution in [3.8, 4) is 11.5 Å². The van der Waals surface area contributed by atoms with E-state index in [1.165, 1.54) is 32.4 Å². The summed E-state index contributed by atoms with van der Waals surface area (Å²) in [5, 5.41) is 12.5. The highest BCUT2D eigenvalue weighted by atomic mass is 16.5. The summed E-state index contributed by atoms with van der Waals surface area (Å²) in [6, 6.07) is 11.3. The number of nitrogens with zero attached hydrogens (tertiary/aromatic N) is 1. The van der Waals surface area contributed by atoms with E-state index in [9.17, 15) is 19.5 Å². The van der Waals surface area contributed by atoms with Gasteiger partial charge in [-0.05, 0) is 31.2 Å². The predicted molar refractivity (Wildman–Crippen MR) is 102 cm³/mol. The number of phenolic OH excluding ortho intramolecular Hbond substituents is 1. The smallest absolute Gasteiger partial charge is 0.342 e. The van der Waals surface area contributed by atoms with Gasteiger partial charge in [-0.15, -0.1) is 0 Å². The van der Waals surface area contributed by atoms with Crippen LogP contribution in [-0.2, 0) is 14.3 Å². The number of rotatable bonds is 7. The van der Waals surface area contributed by atoms with Crippen molar-refractivity contribution in [3.63, 3.8) is 0 Å². The van der Waals surface area contributed by atoms with Gasteiger partial charge in [0.2, 0.25) is 5.91 Å². The van der Waals surface area contributed by atoms with Crippen LogP contribution >= 0.6 is 0 Å². The maximum Gasteiger partial charge on any atom is 0.342 e. The molecule has 28 heavy (non-hydrogen) atoms. The summed E-state index contributed by atoms with van der Waals surface area (Å²) in [7, 11) is 2.85. The molecule has 2 amide bonds. The first-order valence-corrected chi connectivity index (χ1v) is 8.44. The van der Waals surface area contributed by atoms with Crippen molar-refractivity contribution >= 4 is 23.5 Å². The summed E-state index contributed by atoms with van der Waals surface area (Å²) in [6.45, 7) is 1.18. The highest BCUT2D eigenvalue weighted by Crippen LogP contribution is 2.23. The molecule has 0 atom stereocenters. The van der Waals surface area contributed by atoms with E-state index in [1.807, 2.05) is 19.1 Å². The average molecular weight is 386 g/mol. The molecular weight excluding hydrogens is 364 g/mol. The molecule has 8 nitrogen and oxygen atoms in total. The Labute approximate surface area is 162 Å². The summed E-state index contributed by atoms with van der Waals surface area (Å²) in [6.07, 6.45) is 0. The number of nitrogens with one attached hydrogen (secondary N) is 1. The molecule has 0 aliphatic heterocycles. The predicted octanol–water partition coefficient (Wildman–Crippen LogP) is 1.96. The molecule has 0 aliphatic carbocycles. The number of esters is 1. The standard InChI is InChI=1S/C20H22N2O6/c1-13-4-6-14(7-5-13)21-18(24)11-22(2)19(25)12-28-20(26)16-9-8-15(27-3)10-17(16)23/h4-10,23H,11-12H2,1-3H3,(H,21,24). The fourth-order valence-electron chi connectivity index (χ4n) is 2.27. The second-order valence-corrected chi connectivity index (χ2v) is 6.12. The number of aromatic hydroxyl groups is 1. The van der Waals surface area contributed by atoms with Crippen LogP contribution in [0.4, 0.5) is 5.69 Å². The minimum absolute atomic E-state index is 0.0895. The highest BCUT2D eigenvalue weighted by Gasteiger charge is 2.18. The summed E-state index contributed by atoms with van der Waals surface area (Å²) < 4.78 is 9.85. The Balaban J connectivity index is 1.83. The van der Waals surface area contributed by atoms with E-state index in [4.69, 9.17) is 9.47 Å². The lowest BCUT2D eigenvalue weighted by atomic mass is 10.2. The largest absolute Gasteiger partial charge is 0.507 e. The number of carbonyl (C=O) groups excluding carboxylic acids is 3. The van der Waals surface area contributed by atoms with Gasteiger partial charge >= 0.3 is 5.97 Å². The number of amides is 2. The third kappa shape index (κ3) is 5.73. The molecule has 2 rings (SSSR count). The average Bonchev–Trinajstić information content (AvgIpc) is 2.67. The van der Waals surface area contributed by atoms with Gasteiger partial charge in [-0.25, -0.2) is 4.79 Å². The monoisotopic (exact) mass is 386 g/mol. The first kappa shape index (κ1) is 20.8. The lowest BCUT2D eigenvalue weighted by Crippen LogP contribution is -2.37. The number of phenols is 1. The molecule has 0 heterocycles. The Bertz CT molecular complexity index is 863. The fraction of sp³-hybridized carbons (Fsp3) is 0.250. The van der Waals surface area contributed by atoms with Gasteiger partial charge in [0.05, 0.1) is 13.7 Å². The molecule has 148 valence electrons. The Morgan fingerprint density at radius 1 is 1.11 bits per heavy atom.